The van der Waals surface area contributed by atoms with Crippen molar-refractivity contribution in [2.24, 2.45) is 5.41 Å². The number of carbonyl (C=O) groups is 1. The van der Waals surface area contributed by atoms with Crippen LogP contribution in [0.15, 0.2) is 78.4 Å². The molecule has 0 unspecified atom stereocenters. The molecule has 0 radical (unpaired) electrons. The van der Waals surface area contributed by atoms with Crippen LogP contribution in [0, 0.1) is 11.2 Å². The van der Waals surface area contributed by atoms with Gasteiger partial charge in [-0.2, -0.15) is 0 Å². The fourth-order valence-electron chi connectivity index (χ4n) is 6.14. The molecule has 1 saturated carbocycles. The molecule has 2 nitrogen and oxygen atoms in total. The largest absolute Gasteiger partial charge is 0.478 e. The van der Waals surface area contributed by atoms with Crippen LogP contribution in [-0.4, -0.2) is 11.1 Å². The van der Waals surface area contributed by atoms with Crippen LogP contribution in [0.5, 0.6) is 0 Å². The first-order valence-corrected chi connectivity index (χ1v) is 13.2. The van der Waals surface area contributed by atoms with Crippen molar-refractivity contribution in [1.82, 2.24) is 0 Å². The van der Waals surface area contributed by atoms with E-state index in [2.05, 4.69) is 50.2 Å². The average Bonchev–Trinajstić information content (AvgIpc) is 2.86. The van der Waals surface area contributed by atoms with Crippen LogP contribution in [0.3, 0.4) is 0 Å². The van der Waals surface area contributed by atoms with Gasteiger partial charge in [-0.15, -0.1) is 0 Å². The highest BCUT2D eigenvalue weighted by Gasteiger charge is 2.46. The molecule has 0 amide bonds. The molecule has 3 aromatic carbocycles. The maximum absolute atomic E-state index is 14.0. The molecule has 4 heteroatoms. The highest BCUT2D eigenvalue weighted by atomic mass is 35.5. The second-order valence-corrected chi connectivity index (χ2v) is 10.5. The lowest BCUT2D eigenvalue weighted by atomic mass is 9.54. The van der Waals surface area contributed by atoms with E-state index in [0.717, 1.165) is 59.6 Å². The molecule has 0 bridgehead atoms. The van der Waals surface area contributed by atoms with Gasteiger partial charge in [-0.1, -0.05) is 79.5 Å². The third kappa shape index (κ3) is 4.69. The number of halogens is 2. The molecule has 0 aliphatic heterocycles. The average molecular weight is 513 g/mol. The summed E-state index contributed by atoms with van der Waals surface area (Å²) in [7, 11) is 0. The predicted molar refractivity (Wildman–Crippen MR) is 151 cm³/mol. The Balaban J connectivity index is 1.80. The van der Waals surface area contributed by atoms with E-state index in [-0.39, 0.29) is 11.2 Å². The van der Waals surface area contributed by atoms with Crippen LogP contribution in [-0.2, 0) is 11.2 Å². The molecular weight excluding hydrogens is 483 g/mol. The maximum atomic E-state index is 14.0. The molecule has 1 spiro atoms. The molecular formula is C33H30ClFO2. The van der Waals surface area contributed by atoms with Crippen LogP contribution in [0.25, 0.3) is 22.8 Å². The number of aliphatic carboxylic acids is 1. The molecule has 1 fully saturated rings. The molecule has 5 rings (SSSR count). The van der Waals surface area contributed by atoms with Crippen molar-refractivity contribution in [2.75, 3.05) is 0 Å². The second kappa shape index (κ2) is 10.1. The summed E-state index contributed by atoms with van der Waals surface area (Å²) in [5, 5.41) is 9.43. The number of carboxylic acid groups (broad SMARTS) is 1. The van der Waals surface area contributed by atoms with E-state index in [4.69, 9.17) is 16.7 Å². The van der Waals surface area contributed by atoms with Gasteiger partial charge in [0.1, 0.15) is 5.82 Å². The molecule has 0 saturated heterocycles. The van der Waals surface area contributed by atoms with Crippen molar-refractivity contribution in [3.63, 3.8) is 0 Å². The summed E-state index contributed by atoms with van der Waals surface area (Å²) in [6, 6.07) is 21.4. The Kier molecular flexibility index (Phi) is 6.92. The van der Waals surface area contributed by atoms with Gasteiger partial charge in [0.15, 0.2) is 0 Å². The Morgan fingerprint density at radius 1 is 1.08 bits per heavy atom. The van der Waals surface area contributed by atoms with Gasteiger partial charge < -0.3 is 5.11 Å². The van der Waals surface area contributed by atoms with Crippen molar-refractivity contribution in [3.8, 4) is 0 Å². The molecule has 2 aliphatic carbocycles. The molecule has 0 heterocycles. The van der Waals surface area contributed by atoms with E-state index < -0.39 is 5.97 Å². The normalized spacial score (nSPS) is 17.0. The number of rotatable bonds is 6. The van der Waals surface area contributed by atoms with Crippen LogP contribution < -0.4 is 0 Å². The summed E-state index contributed by atoms with van der Waals surface area (Å²) in [5.74, 6) is -1.32. The first-order valence-electron chi connectivity index (χ1n) is 12.8. The minimum atomic E-state index is -0.975. The lowest BCUT2D eigenvalue weighted by Crippen LogP contribution is -2.37. The molecule has 2 aliphatic rings. The van der Waals surface area contributed by atoms with Gasteiger partial charge in [0.25, 0.3) is 0 Å². The van der Waals surface area contributed by atoms with Crippen molar-refractivity contribution >= 4 is 40.4 Å². The minimum absolute atomic E-state index is 0.0581. The Hall–Kier alpha value is -3.43. The monoisotopic (exact) mass is 512 g/mol. The summed E-state index contributed by atoms with van der Waals surface area (Å²) in [5.41, 5.74) is 10.4. The van der Waals surface area contributed by atoms with Gasteiger partial charge in [0, 0.05) is 11.5 Å². The summed E-state index contributed by atoms with van der Waals surface area (Å²) >= 11 is 6.65. The van der Waals surface area contributed by atoms with Crippen LogP contribution in [0.2, 0.25) is 5.02 Å². The Morgan fingerprint density at radius 2 is 1.81 bits per heavy atom. The Bertz CT molecular complexity index is 1460. The standard InChI is InChI=1S/C33H30ClFO2/c1-3-26(28-15-14-25(35)19-29(28)34)31(23-12-9-22(10-13-23)11-16-30(36)37)32-21(2)27-8-5-4-7-24(27)20-33(32)17-6-18-33/h4-5,7-16,19H,3,6,17-18,20H2,1-2H3,(H,36,37)/b16-11+,31-26+. The highest BCUT2D eigenvalue weighted by molar-refractivity contribution is 6.32. The SMILES string of the molecule is CC/C(=C(\C1=C(C)c2ccccc2CC12CCC2)c1ccc(/C=C/C(=O)O)cc1)c1ccc(F)cc1Cl. The second-order valence-electron chi connectivity index (χ2n) is 10.1. The van der Waals surface area contributed by atoms with E-state index >= 15 is 0 Å². The van der Waals surface area contributed by atoms with Crippen LogP contribution in [0.4, 0.5) is 4.39 Å². The van der Waals surface area contributed by atoms with E-state index in [9.17, 15) is 9.18 Å². The van der Waals surface area contributed by atoms with Gasteiger partial charge in [0.05, 0.1) is 5.02 Å². The van der Waals surface area contributed by atoms with E-state index in [1.165, 1.54) is 40.8 Å². The zero-order chi connectivity index (χ0) is 26.2. The minimum Gasteiger partial charge on any atom is -0.478 e. The number of carboxylic acids is 1. The summed E-state index contributed by atoms with van der Waals surface area (Å²) < 4.78 is 14.0. The van der Waals surface area contributed by atoms with Crippen molar-refractivity contribution in [3.05, 3.63) is 117 Å². The number of hydrogen-bond acceptors (Lipinski definition) is 1. The third-order valence-corrected chi connectivity index (χ3v) is 8.26. The smallest absolute Gasteiger partial charge is 0.328 e. The quantitative estimate of drug-likeness (QED) is 0.264. The number of benzene rings is 3. The van der Waals surface area contributed by atoms with Gasteiger partial charge >= 0.3 is 5.97 Å². The lowest BCUT2D eigenvalue weighted by Gasteiger charge is -2.49. The number of hydrogen-bond donors (Lipinski definition) is 1. The van der Waals surface area contributed by atoms with Crippen molar-refractivity contribution in [2.45, 2.75) is 46.0 Å². The first kappa shape index (κ1) is 25.2. The zero-order valence-electron chi connectivity index (χ0n) is 21.2. The first-order chi connectivity index (χ1) is 17.8. The molecule has 188 valence electrons. The Labute approximate surface area is 222 Å². The van der Waals surface area contributed by atoms with E-state index in [1.54, 1.807) is 12.1 Å². The van der Waals surface area contributed by atoms with Gasteiger partial charge in [-0.25, -0.2) is 9.18 Å². The summed E-state index contributed by atoms with van der Waals surface area (Å²) in [4.78, 5) is 11.0. The van der Waals surface area contributed by atoms with Gasteiger partial charge in [-0.3, -0.25) is 0 Å². The fraction of sp³-hybridized carbons (Fsp3) is 0.242. The highest BCUT2D eigenvalue weighted by Crippen LogP contribution is 2.59. The molecule has 0 atom stereocenters. The van der Waals surface area contributed by atoms with Crippen LogP contribution in [0.1, 0.15) is 67.3 Å². The summed E-state index contributed by atoms with van der Waals surface area (Å²) in [6.07, 6.45) is 7.94. The van der Waals surface area contributed by atoms with E-state index in [1.807, 2.05) is 12.1 Å². The third-order valence-electron chi connectivity index (χ3n) is 7.95. The maximum Gasteiger partial charge on any atom is 0.328 e. The van der Waals surface area contributed by atoms with E-state index in [0.29, 0.717) is 5.02 Å². The fourth-order valence-corrected chi connectivity index (χ4v) is 6.42. The predicted octanol–water partition coefficient (Wildman–Crippen LogP) is 9.10. The number of allylic oxidation sites excluding steroid dienone is 4. The van der Waals surface area contributed by atoms with Gasteiger partial charge in [-0.05, 0) is 101 Å². The topological polar surface area (TPSA) is 37.3 Å². The molecule has 3 aromatic rings. The zero-order valence-corrected chi connectivity index (χ0v) is 21.9. The molecule has 0 aromatic heterocycles. The Morgan fingerprint density at radius 3 is 2.43 bits per heavy atom. The number of fused-ring (bicyclic) bond motifs is 1. The van der Waals surface area contributed by atoms with Crippen molar-refractivity contribution < 1.29 is 14.3 Å². The molecule has 37 heavy (non-hydrogen) atoms. The molecule has 1 N–H and O–H groups in total. The lowest BCUT2D eigenvalue weighted by molar-refractivity contribution is -0.131. The van der Waals surface area contributed by atoms with Crippen LogP contribution >= 0.6 is 11.6 Å². The van der Waals surface area contributed by atoms with Crippen molar-refractivity contribution in [1.29, 1.82) is 0 Å². The summed E-state index contributed by atoms with van der Waals surface area (Å²) in [6.45, 7) is 4.36. The van der Waals surface area contributed by atoms with Gasteiger partial charge in [0.2, 0.25) is 0 Å².